The molecule has 0 fully saturated rings. The van der Waals surface area contributed by atoms with Gasteiger partial charge in [-0.05, 0) is 42.8 Å². The molecular formula is C22H22ClN3O4. The number of methoxy groups -OCH3 is 1. The number of esters is 1. The molecule has 2 aromatic rings. The third-order valence-corrected chi connectivity index (χ3v) is 5.19. The summed E-state index contributed by atoms with van der Waals surface area (Å²) in [5.41, 5.74) is 2.92. The number of allylic oxidation sites excluding steroid dienone is 2. The van der Waals surface area contributed by atoms with Crippen LogP contribution in [0, 0.1) is 16.0 Å². The number of nitrogens with zero attached hydrogens (tertiary/aromatic N) is 1. The number of rotatable bonds is 7. The summed E-state index contributed by atoms with van der Waals surface area (Å²) < 4.78 is 4.81. The summed E-state index contributed by atoms with van der Waals surface area (Å²) in [6.45, 7) is 2.27. The molecule has 0 heterocycles. The van der Waals surface area contributed by atoms with Gasteiger partial charge in [0, 0.05) is 22.2 Å². The predicted molar refractivity (Wildman–Crippen MR) is 116 cm³/mol. The van der Waals surface area contributed by atoms with Crippen molar-refractivity contribution in [3.05, 3.63) is 98.3 Å². The lowest BCUT2D eigenvalue weighted by Crippen LogP contribution is -2.39. The van der Waals surface area contributed by atoms with Crippen LogP contribution in [0.1, 0.15) is 22.8 Å². The van der Waals surface area contributed by atoms with Crippen LogP contribution in [0.2, 0.25) is 5.02 Å². The van der Waals surface area contributed by atoms with Crippen LogP contribution >= 0.6 is 11.6 Å². The van der Waals surface area contributed by atoms with Gasteiger partial charge in [0.15, 0.2) is 0 Å². The minimum Gasteiger partial charge on any atom is -0.465 e. The first-order valence-corrected chi connectivity index (χ1v) is 9.76. The van der Waals surface area contributed by atoms with E-state index in [9.17, 15) is 14.9 Å². The summed E-state index contributed by atoms with van der Waals surface area (Å²) in [5.74, 6) is -1.000. The molecule has 156 valence electrons. The minimum atomic E-state index is -0.949. The van der Waals surface area contributed by atoms with E-state index in [1.165, 1.54) is 13.2 Å². The number of benzene rings is 2. The third kappa shape index (κ3) is 4.80. The van der Waals surface area contributed by atoms with Gasteiger partial charge in [-0.25, -0.2) is 4.79 Å². The maximum absolute atomic E-state index is 12.1. The molecule has 0 spiro atoms. The summed E-state index contributed by atoms with van der Waals surface area (Å²) >= 11 is 6.00. The molecule has 1 aliphatic rings. The van der Waals surface area contributed by atoms with Gasteiger partial charge in [-0.2, -0.15) is 0 Å². The standard InChI is InChI=1S/C22H22ClN3O4/c1-14-18(25-19-9-8-16(23)12-17(19)22(27)30-2)10-11-20(21(14)26(28)29)24-13-15-6-4-3-5-7-15/h3-12,14,21,24-25H,13H2,1-2H3. The molecule has 3 rings (SSSR count). The summed E-state index contributed by atoms with van der Waals surface area (Å²) in [4.78, 5) is 23.6. The highest BCUT2D eigenvalue weighted by molar-refractivity contribution is 6.31. The molecule has 0 amide bonds. The van der Waals surface area contributed by atoms with Crippen LogP contribution in [-0.4, -0.2) is 24.0 Å². The second-order valence-corrected chi connectivity index (χ2v) is 7.34. The summed E-state index contributed by atoms with van der Waals surface area (Å²) in [6.07, 6.45) is 3.49. The molecule has 2 atom stereocenters. The smallest absolute Gasteiger partial charge is 0.340 e. The number of halogens is 1. The molecule has 0 radical (unpaired) electrons. The van der Waals surface area contributed by atoms with Crippen molar-refractivity contribution in [3.63, 3.8) is 0 Å². The van der Waals surface area contributed by atoms with E-state index in [-0.39, 0.29) is 10.5 Å². The first-order valence-electron chi connectivity index (χ1n) is 9.38. The highest BCUT2D eigenvalue weighted by Crippen LogP contribution is 2.30. The first-order chi connectivity index (χ1) is 14.4. The van der Waals surface area contributed by atoms with Crippen LogP contribution < -0.4 is 10.6 Å². The summed E-state index contributed by atoms with van der Waals surface area (Å²) in [7, 11) is 1.28. The molecule has 8 heteroatoms. The number of carbonyl (C=O) groups excluding carboxylic acids is 1. The van der Waals surface area contributed by atoms with Gasteiger partial charge in [0.1, 0.15) is 0 Å². The van der Waals surface area contributed by atoms with Gasteiger partial charge < -0.3 is 15.4 Å². The lowest BCUT2D eigenvalue weighted by atomic mass is 9.90. The van der Waals surface area contributed by atoms with Crippen LogP contribution in [0.5, 0.6) is 0 Å². The monoisotopic (exact) mass is 427 g/mol. The zero-order valence-electron chi connectivity index (χ0n) is 16.6. The van der Waals surface area contributed by atoms with E-state index in [2.05, 4.69) is 10.6 Å². The van der Waals surface area contributed by atoms with Crippen LogP contribution in [0.4, 0.5) is 5.69 Å². The molecule has 2 aromatic carbocycles. The number of carbonyl (C=O) groups is 1. The molecule has 0 bridgehead atoms. The second-order valence-electron chi connectivity index (χ2n) is 6.91. The number of nitrogens with one attached hydrogen (secondary N) is 2. The SMILES string of the molecule is COC(=O)c1cc(Cl)ccc1NC1=CC=C(NCc2ccccc2)C([N+](=O)[O-])C1C. The Morgan fingerprint density at radius 1 is 1.17 bits per heavy atom. The van der Waals surface area contributed by atoms with E-state index in [0.717, 1.165) is 5.56 Å². The van der Waals surface area contributed by atoms with Crippen molar-refractivity contribution >= 4 is 23.3 Å². The van der Waals surface area contributed by atoms with Crippen molar-refractivity contribution in [2.75, 3.05) is 12.4 Å². The van der Waals surface area contributed by atoms with E-state index in [1.807, 2.05) is 30.3 Å². The normalized spacial score (nSPS) is 18.1. The molecule has 7 nitrogen and oxygen atoms in total. The van der Waals surface area contributed by atoms with E-state index in [4.69, 9.17) is 16.3 Å². The fraction of sp³-hybridized carbons (Fsp3) is 0.227. The van der Waals surface area contributed by atoms with Gasteiger partial charge in [-0.1, -0.05) is 41.9 Å². The Kier molecular flexibility index (Phi) is 6.74. The number of nitro groups is 1. The van der Waals surface area contributed by atoms with Gasteiger partial charge in [-0.15, -0.1) is 0 Å². The minimum absolute atomic E-state index is 0.257. The quantitative estimate of drug-likeness (QED) is 0.386. The fourth-order valence-electron chi connectivity index (χ4n) is 3.34. The Labute approximate surface area is 179 Å². The van der Waals surface area contributed by atoms with Crippen molar-refractivity contribution in [2.45, 2.75) is 19.5 Å². The van der Waals surface area contributed by atoms with Gasteiger partial charge >= 0.3 is 5.97 Å². The van der Waals surface area contributed by atoms with Crippen molar-refractivity contribution < 1.29 is 14.5 Å². The zero-order valence-corrected chi connectivity index (χ0v) is 17.3. The Morgan fingerprint density at radius 3 is 2.53 bits per heavy atom. The van der Waals surface area contributed by atoms with E-state index >= 15 is 0 Å². The molecule has 0 saturated carbocycles. The largest absolute Gasteiger partial charge is 0.465 e. The first kappa shape index (κ1) is 21.4. The molecule has 0 saturated heterocycles. The fourth-order valence-corrected chi connectivity index (χ4v) is 3.52. The highest BCUT2D eigenvalue weighted by atomic mass is 35.5. The Balaban J connectivity index is 1.86. The van der Waals surface area contributed by atoms with Crippen LogP contribution in [0.15, 0.2) is 72.1 Å². The number of hydrogen-bond acceptors (Lipinski definition) is 6. The van der Waals surface area contributed by atoms with E-state index < -0.39 is 17.9 Å². The Bertz CT molecular complexity index is 1000. The molecular weight excluding hydrogens is 406 g/mol. The topological polar surface area (TPSA) is 93.5 Å². The van der Waals surface area contributed by atoms with E-state index in [0.29, 0.717) is 28.6 Å². The van der Waals surface area contributed by atoms with Crippen molar-refractivity contribution in [1.82, 2.24) is 5.32 Å². The second kappa shape index (κ2) is 9.45. The summed E-state index contributed by atoms with van der Waals surface area (Å²) in [5, 5.41) is 18.6. The number of hydrogen-bond donors (Lipinski definition) is 2. The lowest BCUT2D eigenvalue weighted by molar-refractivity contribution is -0.520. The van der Waals surface area contributed by atoms with Crippen molar-refractivity contribution in [1.29, 1.82) is 0 Å². The van der Waals surface area contributed by atoms with Gasteiger partial charge in [0.2, 0.25) is 0 Å². The van der Waals surface area contributed by atoms with E-state index in [1.54, 1.807) is 31.2 Å². The number of anilines is 1. The molecule has 0 aliphatic heterocycles. The molecule has 2 unspecified atom stereocenters. The maximum Gasteiger partial charge on any atom is 0.340 e. The zero-order chi connectivity index (χ0) is 21.7. The molecule has 2 N–H and O–H groups in total. The Morgan fingerprint density at radius 2 is 1.87 bits per heavy atom. The van der Waals surface area contributed by atoms with Gasteiger partial charge in [-0.3, -0.25) is 10.1 Å². The average molecular weight is 428 g/mol. The lowest BCUT2D eigenvalue weighted by Gasteiger charge is -2.27. The van der Waals surface area contributed by atoms with Gasteiger partial charge in [0.05, 0.1) is 30.0 Å². The van der Waals surface area contributed by atoms with Crippen LogP contribution in [0.25, 0.3) is 0 Å². The number of ether oxygens (including phenoxy) is 1. The third-order valence-electron chi connectivity index (χ3n) is 4.96. The van der Waals surface area contributed by atoms with Crippen LogP contribution in [-0.2, 0) is 11.3 Å². The maximum atomic E-state index is 12.1. The van der Waals surface area contributed by atoms with Gasteiger partial charge in [0.25, 0.3) is 6.04 Å². The predicted octanol–water partition coefficient (Wildman–Crippen LogP) is 4.39. The molecule has 1 aliphatic carbocycles. The van der Waals surface area contributed by atoms with Crippen LogP contribution in [0.3, 0.4) is 0 Å². The van der Waals surface area contributed by atoms with Crippen molar-refractivity contribution in [3.8, 4) is 0 Å². The average Bonchev–Trinajstić information content (AvgIpc) is 2.74. The summed E-state index contributed by atoms with van der Waals surface area (Å²) in [6, 6.07) is 13.5. The molecule has 0 aromatic heterocycles. The molecule has 30 heavy (non-hydrogen) atoms. The Hall–Kier alpha value is -3.32. The van der Waals surface area contributed by atoms with Crippen molar-refractivity contribution in [2.24, 2.45) is 5.92 Å². The highest BCUT2D eigenvalue weighted by Gasteiger charge is 2.37.